The van der Waals surface area contributed by atoms with E-state index in [0.29, 0.717) is 24.6 Å². The lowest BCUT2D eigenvalue weighted by atomic mass is 9.84. The summed E-state index contributed by atoms with van der Waals surface area (Å²) in [5, 5.41) is 3.04. The van der Waals surface area contributed by atoms with Gasteiger partial charge in [-0.1, -0.05) is 24.3 Å². The molecule has 6 heteroatoms. The van der Waals surface area contributed by atoms with Crippen LogP contribution in [0.25, 0.3) is 0 Å². The minimum absolute atomic E-state index is 0.0111. The molecule has 1 amide bonds. The highest BCUT2D eigenvalue weighted by atomic mass is 19.1. The largest absolute Gasteiger partial charge is 0.493 e. The number of nitrogens with zero attached hydrogens (tertiary/aromatic N) is 2. The van der Waals surface area contributed by atoms with Gasteiger partial charge in [0.05, 0.1) is 13.3 Å². The number of fused-ring (bicyclic) bond motifs is 1. The number of likely N-dealkylation sites (tertiary alicyclic amines) is 1. The molecule has 1 N–H and O–H groups in total. The molecule has 5 nitrogen and oxygen atoms in total. The Bertz CT molecular complexity index is 881. The van der Waals surface area contributed by atoms with E-state index in [2.05, 4.69) is 27.2 Å². The number of carbonyl (C=O) groups is 1. The summed E-state index contributed by atoms with van der Waals surface area (Å²) < 4.78 is 20.2. The lowest BCUT2D eigenvalue weighted by Gasteiger charge is -2.46. The van der Waals surface area contributed by atoms with Gasteiger partial charge in [0.2, 0.25) is 5.91 Å². The Balaban J connectivity index is 1.39. The third kappa shape index (κ3) is 2.66. The molecule has 5 rings (SSSR count). The Morgan fingerprint density at radius 2 is 1.86 bits per heavy atom. The predicted octanol–water partition coefficient (Wildman–Crippen LogP) is 3.08. The van der Waals surface area contributed by atoms with Gasteiger partial charge >= 0.3 is 0 Å². The third-order valence-corrected chi connectivity index (χ3v) is 6.47. The second-order valence-electron chi connectivity index (χ2n) is 7.80. The van der Waals surface area contributed by atoms with Crippen molar-refractivity contribution < 1.29 is 13.9 Å². The highest BCUT2D eigenvalue weighted by Gasteiger charge is 2.51. The molecule has 3 heterocycles. The molecule has 1 atom stereocenters. The molecular weight excluding hydrogens is 357 g/mol. The number of hydrogen-bond donors (Lipinski definition) is 1. The molecule has 146 valence electrons. The fourth-order valence-electron chi connectivity index (χ4n) is 4.99. The average molecular weight is 381 g/mol. The fraction of sp³-hybridized carbons (Fsp3) is 0.409. The van der Waals surface area contributed by atoms with Crippen LogP contribution in [0.3, 0.4) is 0 Å². The molecule has 0 saturated carbocycles. The smallest absolute Gasteiger partial charge is 0.247 e. The molecule has 0 aliphatic carbocycles. The number of nitrogens with one attached hydrogen (secondary N) is 1. The van der Waals surface area contributed by atoms with Crippen molar-refractivity contribution in [3.8, 4) is 5.75 Å². The molecule has 28 heavy (non-hydrogen) atoms. The Hall–Kier alpha value is -2.60. The van der Waals surface area contributed by atoms with Crippen LogP contribution in [0.1, 0.15) is 30.9 Å². The van der Waals surface area contributed by atoms with Gasteiger partial charge in [0.25, 0.3) is 0 Å². The molecular formula is C22H24FN3O2. The summed E-state index contributed by atoms with van der Waals surface area (Å²) in [6.07, 6.45) is 2.24. The van der Waals surface area contributed by atoms with Gasteiger partial charge in [-0.3, -0.25) is 9.69 Å². The molecule has 2 fully saturated rings. The molecule has 3 aliphatic rings. The number of piperidine rings is 1. The number of anilines is 1. The van der Waals surface area contributed by atoms with Crippen LogP contribution in [-0.2, 0) is 4.79 Å². The molecule has 2 aromatic carbocycles. The van der Waals surface area contributed by atoms with Crippen LogP contribution >= 0.6 is 0 Å². The number of para-hydroxylation sites is 1. The summed E-state index contributed by atoms with van der Waals surface area (Å²) >= 11 is 0. The zero-order valence-corrected chi connectivity index (χ0v) is 15.7. The minimum Gasteiger partial charge on any atom is -0.493 e. The Kier molecular flexibility index (Phi) is 4.23. The van der Waals surface area contributed by atoms with Gasteiger partial charge in [0, 0.05) is 36.8 Å². The maximum Gasteiger partial charge on any atom is 0.247 e. The van der Waals surface area contributed by atoms with Gasteiger partial charge in [-0.15, -0.1) is 0 Å². The maximum atomic E-state index is 14.5. The van der Waals surface area contributed by atoms with Crippen molar-refractivity contribution in [1.82, 2.24) is 10.2 Å². The van der Waals surface area contributed by atoms with Crippen molar-refractivity contribution >= 4 is 11.6 Å². The molecule has 2 aromatic rings. The highest BCUT2D eigenvalue weighted by molar-refractivity contribution is 5.93. The molecule has 0 radical (unpaired) electrons. The fourth-order valence-corrected chi connectivity index (χ4v) is 4.99. The number of rotatable bonds is 2. The van der Waals surface area contributed by atoms with Gasteiger partial charge in [-0.25, -0.2) is 4.39 Å². The van der Waals surface area contributed by atoms with Crippen LogP contribution in [0.5, 0.6) is 5.75 Å². The molecule has 2 saturated heterocycles. The third-order valence-electron chi connectivity index (χ3n) is 6.47. The highest BCUT2D eigenvalue weighted by Crippen LogP contribution is 2.42. The second-order valence-corrected chi connectivity index (χ2v) is 7.80. The first kappa shape index (κ1) is 17.5. The molecule has 1 spiro atoms. The summed E-state index contributed by atoms with van der Waals surface area (Å²) in [6.45, 7) is 2.65. The molecule has 0 bridgehead atoms. The van der Waals surface area contributed by atoms with Crippen LogP contribution in [0.4, 0.5) is 10.1 Å². The Morgan fingerprint density at radius 3 is 2.64 bits per heavy atom. The van der Waals surface area contributed by atoms with Crippen LogP contribution in [0.15, 0.2) is 48.5 Å². The molecule has 1 unspecified atom stereocenters. The summed E-state index contributed by atoms with van der Waals surface area (Å²) in [5.74, 6) is 0.558. The number of halogens is 1. The van der Waals surface area contributed by atoms with E-state index in [1.165, 1.54) is 6.07 Å². The summed E-state index contributed by atoms with van der Waals surface area (Å²) in [6, 6.07) is 15.2. The number of hydrogen-bond acceptors (Lipinski definition) is 4. The first-order valence-electron chi connectivity index (χ1n) is 9.95. The topological polar surface area (TPSA) is 44.8 Å². The minimum atomic E-state index is -0.513. The van der Waals surface area contributed by atoms with E-state index in [9.17, 15) is 9.18 Å². The van der Waals surface area contributed by atoms with Crippen molar-refractivity contribution in [2.75, 3.05) is 31.3 Å². The molecule has 3 aliphatic heterocycles. The van der Waals surface area contributed by atoms with Crippen LogP contribution < -0.4 is 15.0 Å². The Labute approximate surface area is 164 Å². The van der Waals surface area contributed by atoms with Crippen molar-refractivity contribution in [2.45, 2.75) is 30.8 Å². The van der Waals surface area contributed by atoms with Crippen molar-refractivity contribution in [1.29, 1.82) is 0 Å². The van der Waals surface area contributed by atoms with Crippen molar-refractivity contribution in [2.24, 2.45) is 0 Å². The van der Waals surface area contributed by atoms with Gasteiger partial charge in [0.15, 0.2) is 0 Å². The van der Waals surface area contributed by atoms with Crippen LogP contribution in [-0.4, -0.2) is 42.7 Å². The molecule has 0 aromatic heterocycles. The number of benzene rings is 2. The van der Waals surface area contributed by atoms with E-state index in [1.54, 1.807) is 6.07 Å². The zero-order valence-electron chi connectivity index (χ0n) is 15.7. The lowest BCUT2D eigenvalue weighted by Crippen LogP contribution is -2.57. The normalized spacial score (nSPS) is 24.0. The predicted molar refractivity (Wildman–Crippen MR) is 105 cm³/mol. The SMILES string of the molecule is O=C1NCN(c2ccccc2)C12CCN(C1CCOc3cccc(F)c31)CC2. The summed E-state index contributed by atoms with van der Waals surface area (Å²) in [7, 11) is 0. The van der Waals surface area contributed by atoms with E-state index in [-0.39, 0.29) is 17.8 Å². The van der Waals surface area contributed by atoms with E-state index < -0.39 is 5.54 Å². The quantitative estimate of drug-likeness (QED) is 0.868. The Morgan fingerprint density at radius 1 is 1.07 bits per heavy atom. The van der Waals surface area contributed by atoms with E-state index >= 15 is 0 Å². The van der Waals surface area contributed by atoms with E-state index in [0.717, 1.165) is 38.0 Å². The summed E-state index contributed by atoms with van der Waals surface area (Å²) in [5.41, 5.74) is 1.22. The van der Waals surface area contributed by atoms with Gasteiger partial charge in [-0.05, 0) is 37.1 Å². The van der Waals surface area contributed by atoms with Gasteiger partial charge in [-0.2, -0.15) is 0 Å². The maximum absolute atomic E-state index is 14.5. The zero-order chi connectivity index (χ0) is 19.1. The van der Waals surface area contributed by atoms with E-state index in [4.69, 9.17) is 4.74 Å². The summed E-state index contributed by atoms with van der Waals surface area (Å²) in [4.78, 5) is 17.3. The number of carbonyl (C=O) groups excluding carboxylic acids is 1. The van der Waals surface area contributed by atoms with Gasteiger partial charge < -0.3 is 15.0 Å². The van der Waals surface area contributed by atoms with Crippen LogP contribution in [0, 0.1) is 5.82 Å². The van der Waals surface area contributed by atoms with Crippen molar-refractivity contribution in [3.05, 3.63) is 59.9 Å². The monoisotopic (exact) mass is 381 g/mol. The lowest BCUT2D eigenvalue weighted by molar-refractivity contribution is -0.125. The standard InChI is InChI=1S/C22H24FN3O2/c23-17-7-4-8-19-20(17)18(9-14-28-19)25-12-10-22(11-13-25)21(27)24-15-26(22)16-5-2-1-3-6-16/h1-8,18H,9-15H2,(H,24,27). The average Bonchev–Trinajstić information content (AvgIpc) is 3.05. The number of ether oxygens (including phenoxy) is 1. The number of amides is 1. The van der Waals surface area contributed by atoms with Crippen LogP contribution in [0.2, 0.25) is 0 Å². The van der Waals surface area contributed by atoms with E-state index in [1.807, 2.05) is 24.3 Å². The first-order chi connectivity index (χ1) is 13.7. The van der Waals surface area contributed by atoms with Crippen molar-refractivity contribution in [3.63, 3.8) is 0 Å². The second kappa shape index (κ2) is 6.78. The first-order valence-corrected chi connectivity index (χ1v) is 9.95. The van der Waals surface area contributed by atoms with Gasteiger partial charge in [0.1, 0.15) is 17.1 Å².